The van der Waals surface area contributed by atoms with Gasteiger partial charge in [-0.3, -0.25) is 14.9 Å². The molecule has 3 aromatic rings. The third kappa shape index (κ3) is 5.83. The SMILES string of the molecule is C=CC(=O)N1CCCC[C@@H](n2c(NC(=O)c3cccc(C)c3)nc3ccc(OC(=O)N4CCOCC4)c(Cl)c32)C1. The number of nitrogens with zero attached hydrogens (tertiary/aromatic N) is 4. The van der Waals surface area contributed by atoms with E-state index in [2.05, 4.69) is 11.9 Å². The largest absolute Gasteiger partial charge is 0.415 e. The molecule has 2 saturated heterocycles. The van der Waals surface area contributed by atoms with E-state index in [1.807, 2.05) is 23.6 Å². The zero-order chi connectivity index (χ0) is 28.2. The molecule has 0 bridgehead atoms. The number of anilines is 1. The molecule has 3 amide bonds. The smallest absolute Gasteiger partial charge is 0.409 e. The van der Waals surface area contributed by atoms with Crippen molar-refractivity contribution in [2.24, 2.45) is 0 Å². The molecule has 2 fully saturated rings. The maximum atomic E-state index is 13.3. The van der Waals surface area contributed by atoms with Crippen LogP contribution < -0.4 is 10.1 Å². The van der Waals surface area contributed by atoms with Gasteiger partial charge in [-0.1, -0.05) is 35.9 Å². The predicted molar refractivity (Wildman–Crippen MR) is 152 cm³/mol. The van der Waals surface area contributed by atoms with Crippen molar-refractivity contribution in [2.45, 2.75) is 32.2 Å². The van der Waals surface area contributed by atoms with Crippen LogP contribution in [-0.4, -0.2) is 76.7 Å². The Kier molecular flexibility index (Phi) is 8.37. The number of nitrogens with one attached hydrogen (secondary N) is 1. The number of hydrogen-bond donors (Lipinski definition) is 1. The Balaban J connectivity index is 1.56. The zero-order valence-electron chi connectivity index (χ0n) is 22.4. The van der Waals surface area contributed by atoms with Crippen molar-refractivity contribution in [3.63, 3.8) is 0 Å². The summed E-state index contributed by atoms with van der Waals surface area (Å²) in [5.74, 6) is 0.0184. The highest BCUT2D eigenvalue weighted by molar-refractivity contribution is 6.36. The third-order valence-corrected chi connectivity index (χ3v) is 7.59. The van der Waals surface area contributed by atoms with Crippen LogP contribution in [0.5, 0.6) is 5.75 Å². The standard InChI is InChI=1S/C29H32ClN5O5/c1-3-24(36)34-12-5-4-9-21(18-34)35-26-22(31-28(35)32-27(37)20-8-6-7-19(2)17-20)10-11-23(25(26)30)40-29(38)33-13-15-39-16-14-33/h3,6-8,10-11,17,21H,1,4-5,9,12-16,18H2,2H3,(H,31,32,37)/t21-/m1/s1. The fourth-order valence-electron chi connectivity index (χ4n) is 5.18. The van der Waals surface area contributed by atoms with E-state index in [1.54, 1.807) is 34.1 Å². The van der Waals surface area contributed by atoms with Crippen LogP contribution in [0.3, 0.4) is 0 Å². The van der Waals surface area contributed by atoms with Gasteiger partial charge in [0, 0.05) is 31.7 Å². The number of aromatic nitrogens is 2. The van der Waals surface area contributed by atoms with Gasteiger partial charge in [-0.25, -0.2) is 9.78 Å². The van der Waals surface area contributed by atoms with Gasteiger partial charge in [0.1, 0.15) is 5.02 Å². The van der Waals surface area contributed by atoms with Crippen molar-refractivity contribution in [2.75, 3.05) is 44.7 Å². The van der Waals surface area contributed by atoms with Crippen molar-refractivity contribution in [1.82, 2.24) is 19.4 Å². The lowest BCUT2D eigenvalue weighted by atomic mass is 10.1. The third-order valence-electron chi connectivity index (χ3n) is 7.22. The van der Waals surface area contributed by atoms with E-state index < -0.39 is 6.09 Å². The van der Waals surface area contributed by atoms with E-state index in [1.165, 1.54) is 6.08 Å². The first-order chi connectivity index (χ1) is 19.4. The van der Waals surface area contributed by atoms with Gasteiger partial charge in [-0.15, -0.1) is 0 Å². The first-order valence-electron chi connectivity index (χ1n) is 13.4. The Morgan fingerprint density at radius 1 is 1.12 bits per heavy atom. The van der Waals surface area contributed by atoms with Crippen molar-refractivity contribution in [3.05, 3.63) is 65.2 Å². The molecule has 210 valence electrons. The van der Waals surface area contributed by atoms with Crippen molar-refractivity contribution in [3.8, 4) is 5.75 Å². The molecule has 3 heterocycles. The second-order valence-corrected chi connectivity index (χ2v) is 10.4. The average molecular weight is 566 g/mol. The Morgan fingerprint density at radius 3 is 2.67 bits per heavy atom. The number of halogens is 1. The Labute approximate surface area is 237 Å². The van der Waals surface area contributed by atoms with Crippen molar-refractivity contribution in [1.29, 1.82) is 0 Å². The van der Waals surface area contributed by atoms with E-state index in [-0.39, 0.29) is 28.6 Å². The lowest BCUT2D eigenvalue weighted by Gasteiger charge is -2.27. The highest BCUT2D eigenvalue weighted by atomic mass is 35.5. The number of imidazole rings is 1. The molecule has 5 rings (SSSR count). The summed E-state index contributed by atoms with van der Waals surface area (Å²) in [4.78, 5) is 46.7. The molecule has 1 aromatic heterocycles. The van der Waals surface area contributed by atoms with E-state index in [0.29, 0.717) is 61.9 Å². The minimum atomic E-state index is -0.513. The molecule has 40 heavy (non-hydrogen) atoms. The lowest BCUT2D eigenvalue weighted by Crippen LogP contribution is -2.42. The summed E-state index contributed by atoms with van der Waals surface area (Å²) in [6, 6.07) is 10.4. The maximum Gasteiger partial charge on any atom is 0.415 e. The van der Waals surface area contributed by atoms with Gasteiger partial charge in [0.2, 0.25) is 11.9 Å². The number of rotatable bonds is 5. The molecular formula is C29H32ClN5O5. The van der Waals surface area contributed by atoms with Gasteiger partial charge in [-0.2, -0.15) is 0 Å². The quantitative estimate of drug-likeness (QED) is 0.445. The van der Waals surface area contributed by atoms with Gasteiger partial charge >= 0.3 is 6.09 Å². The van der Waals surface area contributed by atoms with Gasteiger partial charge in [0.25, 0.3) is 5.91 Å². The summed E-state index contributed by atoms with van der Waals surface area (Å²) in [5, 5.41) is 3.16. The summed E-state index contributed by atoms with van der Waals surface area (Å²) in [6.07, 6.45) is 3.23. The Morgan fingerprint density at radius 2 is 1.93 bits per heavy atom. The van der Waals surface area contributed by atoms with Crippen molar-refractivity contribution < 1.29 is 23.9 Å². The minimum Gasteiger partial charge on any atom is -0.409 e. The predicted octanol–water partition coefficient (Wildman–Crippen LogP) is 4.82. The van der Waals surface area contributed by atoms with Crippen LogP contribution in [0.4, 0.5) is 10.7 Å². The maximum absolute atomic E-state index is 13.3. The number of aryl methyl sites for hydroxylation is 1. The van der Waals surface area contributed by atoms with Crippen LogP contribution in [0.2, 0.25) is 5.02 Å². The average Bonchev–Trinajstić information content (AvgIpc) is 3.15. The number of morpholine rings is 1. The molecule has 2 aliphatic rings. The summed E-state index contributed by atoms with van der Waals surface area (Å²) < 4.78 is 12.9. The van der Waals surface area contributed by atoms with Crippen LogP contribution in [0, 0.1) is 6.92 Å². The fourth-order valence-corrected chi connectivity index (χ4v) is 5.47. The van der Waals surface area contributed by atoms with E-state index >= 15 is 0 Å². The van der Waals surface area contributed by atoms with Gasteiger partial charge in [0.15, 0.2) is 5.75 Å². The van der Waals surface area contributed by atoms with Crippen molar-refractivity contribution >= 4 is 46.5 Å². The lowest BCUT2D eigenvalue weighted by molar-refractivity contribution is -0.126. The van der Waals surface area contributed by atoms with Crippen LogP contribution in [0.15, 0.2) is 49.1 Å². The van der Waals surface area contributed by atoms with Crippen LogP contribution in [0.1, 0.15) is 41.2 Å². The monoisotopic (exact) mass is 565 g/mol. The van der Waals surface area contributed by atoms with Crippen LogP contribution in [-0.2, 0) is 9.53 Å². The van der Waals surface area contributed by atoms with E-state index in [9.17, 15) is 14.4 Å². The summed E-state index contributed by atoms with van der Waals surface area (Å²) in [6.45, 7) is 8.31. The number of carbonyl (C=O) groups excluding carboxylic acids is 3. The summed E-state index contributed by atoms with van der Waals surface area (Å²) in [5.41, 5.74) is 2.50. The Bertz CT molecular complexity index is 1450. The molecular weight excluding hydrogens is 534 g/mol. The molecule has 0 unspecified atom stereocenters. The van der Waals surface area contributed by atoms with Crippen LogP contribution in [0.25, 0.3) is 11.0 Å². The molecule has 0 saturated carbocycles. The first-order valence-corrected chi connectivity index (χ1v) is 13.8. The van der Waals surface area contributed by atoms with Crippen LogP contribution >= 0.6 is 11.6 Å². The van der Waals surface area contributed by atoms with Gasteiger partial charge in [0.05, 0.1) is 30.3 Å². The molecule has 0 radical (unpaired) electrons. The number of carbonyl (C=O) groups is 3. The molecule has 2 aromatic carbocycles. The minimum absolute atomic E-state index is 0.159. The van der Waals surface area contributed by atoms with Gasteiger partial charge < -0.3 is 23.8 Å². The number of benzene rings is 2. The molecule has 1 atom stereocenters. The van der Waals surface area contributed by atoms with Gasteiger partial charge in [-0.05, 0) is 56.5 Å². The second kappa shape index (κ2) is 12.1. The normalized spacial score (nSPS) is 17.8. The highest BCUT2D eigenvalue weighted by Gasteiger charge is 2.29. The number of amides is 3. The number of fused-ring (bicyclic) bond motifs is 1. The number of ether oxygens (including phenoxy) is 2. The number of hydrogen-bond acceptors (Lipinski definition) is 6. The number of likely N-dealkylation sites (tertiary alicyclic amines) is 1. The molecule has 2 aliphatic heterocycles. The molecule has 11 heteroatoms. The molecule has 0 aliphatic carbocycles. The van der Waals surface area contributed by atoms with E-state index in [4.69, 9.17) is 26.1 Å². The first kappa shape index (κ1) is 27.7. The topological polar surface area (TPSA) is 106 Å². The van der Waals surface area contributed by atoms with E-state index in [0.717, 1.165) is 24.8 Å². The Hall–Kier alpha value is -3.89. The summed E-state index contributed by atoms with van der Waals surface area (Å²) in [7, 11) is 0. The zero-order valence-corrected chi connectivity index (χ0v) is 23.2. The molecule has 0 spiro atoms. The summed E-state index contributed by atoms with van der Waals surface area (Å²) >= 11 is 6.91. The fraction of sp³-hybridized carbons (Fsp3) is 0.379. The molecule has 1 N–H and O–H groups in total. The molecule has 10 nitrogen and oxygen atoms in total. The highest BCUT2D eigenvalue weighted by Crippen LogP contribution is 2.38. The second-order valence-electron chi connectivity index (χ2n) is 9.98.